The van der Waals surface area contributed by atoms with Gasteiger partial charge in [-0.05, 0) is 56.1 Å². The van der Waals surface area contributed by atoms with Gasteiger partial charge in [-0.25, -0.2) is 0 Å². The summed E-state index contributed by atoms with van der Waals surface area (Å²) >= 11 is 13.9. The number of rotatable bonds is 3. The van der Waals surface area contributed by atoms with Crippen LogP contribution in [0.3, 0.4) is 0 Å². The Hall–Kier alpha value is -0.560. The summed E-state index contributed by atoms with van der Waals surface area (Å²) in [4.78, 5) is 12.4. The number of halogens is 3. The molecule has 0 fully saturated rings. The van der Waals surface area contributed by atoms with Crippen LogP contribution in [-0.4, -0.2) is 5.91 Å². The quantitative estimate of drug-likeness (QED) is 0.721. The molecule has 0 unspecified atom stereocenters. The fourth-order valence-electron chi connectivity index (χ4n) is 1.22. The molecule has 7 heteroatoms. The molecule has 2 rings (SSSR count). The molecule has 0 atom stereocenters. The third kappa shape index (κ3) is 3.47. The summed E-state index contributed by atoms with van der Waals surface area (Å²) in [6.45, 7) is 0. The minimum Gasteiger partial charge on any atom is -0.298 e. The zero-order chi connectivity index (χ0) is 13.1. The molecule has 18 heavy (non-hydrogen) atoms. The minimum atomic E-state index is -0.202. The van der Waals surface area contributed by atoms with Gasteiger partial charge in [0, 0.05) is 9.50 Å². The molecule has 0 aliphatic carbocycles. The van der Waals surface area contributed by atoms with Gasteiger partial charge in [-0.2, -0.15) is 0 Å². The van der Waals surface area contributed by atoms with E-state index < -0.39 is 0 Å². The second-order valence-electron chi connectivity index (χ2n) is 3.32. The van der Waals surface area contributed by atoms with E-state index >= 15 is 0 Å². The average Bonchev–Trinajstić information content (AvgIpc) is 2.67. The summed E-state index contributed by atoms with van der Waals surface area (Å²) in [7, 11) is 0. The highest BCUT2D eigenvalue weighted by atomic mass is 79.9. The summed E-state index contributed by atoms with van der Waals surface area (Å²) in [6, 6.07) is 8.86. The molecule has 0 spiro atoms. The highest BCUT2D eigenvalue weighted by Gasteiger charge is 2.11. The first-order chi connectivity index (χ1) is 8.56. The van der Waals surface area contributed by atoms with E-state index in [2.05, 4.69) is 42.7 Å². The average molecular weight is 411 g/mol. The van der Waals surface area contributed by atoms with Crippen LogP contribution in [0.1, 0.15) is 9.67 Å². The summed E-state index contributed by atoms with van der Waals surface area (Å²) in [5, 5.41) is 0.607. The van der Waals surface area contributed by atoms with Crippen molar-refractivity contribution in [3.63, 3.8) is 0 Å². The van der Waals surface area contributed by atoms with E-state index in [9.17, 15) is 4.79 Å². The van der Waals surface area contributed by atoms with Crippen molar-refractivity contribution >= 4 is 66.4 Å². The number of thiophene rings is 1. The number of amides is 1. The van der Waals surface area contributed by atoms with E-state index in [1.807, 2.05) is 6.07 Å². The number of benzene rings is 1. The number of nitrogens with one attached hydrogen (secondary N) is 2. The molecule has 0 saturated carbocycles. The van der Waals surface area contributed by atoms with E-state index in [1.54, 1.807) is 24.3 Å². The molecule has 1 aromatic heterocycles. The molecule has 2 N–H and O–H groups in total. The largest absolute Gasteiger partial charge is 0.298 e. The van der Waals surface area contributed by atoms with Crippen molar-refractivity contribution in [1.82, 2.24) is 5.43 Å². The van der Waals surface area contributed by atoms with Crippen molar-refractivity contribution in [3.05, 3.63) is 48.5 Å². The van der Waals surface area contributed by atoms with Crippen LogP contribution in [0.25, 0.3) is 0 Å². The Kier molecular flexibility index (Phi) is 4.66. The zero-order valence-corrected chi connectivity index (χ0v) is 13.6. The fourth-order valence-corrected chi connectivity index (χ4v) is 3.34. The Balaban J connectivity index is 2.00. The van der Waals surface area contributed by atoms with Crippen molar-refractivity contribution in [2.24, 2.45) is 0 Å². The van der Waals surface area contributed by atoms with Gasteiger partial charge in [0.2, 0.25) is 0 Å². The predicted octanol–water partition coefficient (Wildman–Crippen LogP) is 4.68. The predicted molar refractivity (Wildman–Crippen MR) is 82.3 cm³/mol. The second-order valence-corrected chi connectivity index (χ2v) is 6.98. The number of hydrazine groups is 1. The maximum atomic E-state index is 11.8. The number of carbonyl (C=O) groups excluding carboxylic acids is 1. The molecule has 1 heterocycles. The van der Waals surface area contributed by atoms with Crippen LogP contribution >= 0.6 is 54.8 Å². The van der Waals surface area contributed by atoms with Crippen molar-refractivity contribution in [2.75, 3.05) is 5.43 Å². The minimum absolute atomic E-state index is 0.202. The molecule has 0 saturated heterocycles. The van der Waals surface area contributed by atoms with Gasteiger partial charge in [0.1, 0.15) is 0 Å². The van der Waals surface area contributed by atoms with E-state index in [-0.39, 0.29) is 5.91 Å². The highest BCUT2D eigenvalue weighted by Crippen LogP contribution is 2.32. The van der Waals surface area contributed by atoms with Crippen LogP contribution in [-0.2, 0) is 0 Å². The maximum Gasteiger partial charge on any atom is 0.279 e. The molecule has 3 nitrogen and oxygen atoms in total. The molecule has 1 amide bonds. The van der Waals surface area contributed by atoms with E-state index in [0.717, 1.165) is 13.9 Å². The molecule has 0 bridgehead atoms. The van der Waals surface area contributed by atoms with Gasteiger partial charge in [-0.15, -0.1) is 11.3 Å². The SMILES string of the molecule is O=C(NNc1cccc(Cl)c1)c1cc(Br)c(Br)s1. The smallest absolute Gasteiger partial charge is 0.279 e. The first-order valence-electron chi connectivity index (χ1n) is 4.83. The van der Waals surface area contributed by atoms with Crippen molar-refractivity contribution in [1.29, 1.82) is 0 Å². The second kappa shape index (κ2) is 6.06. The monoisotopic (exact) mass is 408 g/mol. The standard InChI is InChI=1S/C11H7Br2ClN2OS/c12-8-5-9(18-10(8)13)11(17)16-15-7-3-1-2-6(14)4-7/h1-5,15H,(H,16,17). The maximum absolute atomic E-state index is 11.8. The summed E-state index contributed by atoms with van der Waals surface area (Å²) in [6.07, 6.45) is 0. The summed E-state index contributed by atoms with van der Waals surface area (Å²) in [5.74, 6) is -0.202. The highest BCUT2D eigenvalue weighted by molar-refractivity contribution is 9.13. The molecular formula is C11H7Br2ClN2OS. The lowest BCUT2D eigenvalue weighted by Crippen LogP contribution is -2.28. The third-order valence-electron chi connectivity index (χ3n) is 2.01. The van der Waals surface area contributed by atoms with Crippen LogP contribution in [0.2, 0.25) is 5.02 Å². The number of hydrogen-bond acceptors (Lipinski definition) is 3. The van der Waals surface area contributed by atoms with Crippen molar-refractivity contribution < 1.29 is 4.79 Å². The third-order valence-corrected chi connectivity index (χ3v) is 5.50. The van der Waals surface area contributed by atoms with Crippen molar-refractivity contribution in [2.45, 2.75) is 0 Å². The molecule has 2 aromatic rings. The van der Waals surface area contributed by atoms with Crippen LogP contribution < -0.4 is 10.9 Å². The van der Waals surface area contributed by atoms with E-state index in [0.29, 0.717) is 9.90 Å². The van der Waals surface area contributed by atoms with Gasteiger partial charge >= 0.3 is 0 Å². The Morgan fingerprint density at radius 2 is 2.06 bits per heavy atom. The lowest BCUT2D eigenvalue weighted by molar-refractivity contribution is 0.0966. The van der Waals surface area contributed by atoms with Crippen LogP contribution in [0.5, 0.6) is 0 Å². The van der Waals surface area contributed by atoms with Gasteiger partial charge in [0.15, 0.2) is 0 Å². The van der Waals surface area contributed by atoms with E-state index in [1.165, 1.54) is 11.3 Å². The fraction of sp³-hybridized carbons (Fsp3) is 0. The molecule has 0 radical (unpaired) electrons. The molecule has 0 aliphatic rings. The number of carbonyl (C=O) groups is 1. The van der Waals surface area contributed by atoms with Gasteiger partial charge < -0.3 is 0 Å². The number of hydrogen-bond donors (Lipinski definition) is 2. The lowest BCUT2D eigenvalue weighted by Gasteiger charge is -2.07. The first-order valence-corrected chi connectivity index (χ1v) is 7.61. The normalized spacial score (nSPS) is 10.2. The molecule has 1 aromatic carbocycles. The Morgan fingerprint density at radius 3 is 2.67 bits per heavy atom. The van der Waals surface area contributed by atoms with Crippen LogP contribution in [0, 0.1) is 0 Å². The Morgan fingerprint density at radius 1 is 1.28 bits per heavy atom. The molecule has 94 valence electrons. The van der Waals surface area contributed by atoms with Gasteiger partial charge in [0.05, 0.1) is 14.4 Å². The summed E-state index contributed by atoms with van der Waals surface area (Å²) in [5.41, 5.74) is 6.14. The first kappa shape index (κ1) is 13.9. The van der Waals surface area contributed by atoms with Crippen LogP contribution in [0.15, 0.2) is 38.6 Å². The lowest BCUT2D eigenvalue weighted by atomic mass is 10.3. The van der Waals surface area contributed by atoms with E-state index in [4.69, 9.17) is 11.6 Å². The molecule has 0 aliphatic heterocycles. The Labute approximate surface area is 130 Å². The topological polar surface area (TPSA) is 41.1 Å². The van der Waals surface area contributed by atoms with Gasteiger partial charge in [-0.1, -0.05) is 17.7 Å². The molecular weight excluding hydrogens is 403 g/mol. The van der Waals surface area contributed by atoms with Gasteiger partial charge in [0.25, 0.3) is 5.91 Å². The number of anilines is 1. The van der Waals surface area contributed by atoms with Crippen LogP contribution in [0.4, 0.5) is 5.69 Å². The summed E-state index contributed by atoms with van der Waals surface area (Å²) < 4.78 is 1.75. The zero-order valence-electron chi connectivity index (χ0n) is 8.84. The van der Waals surface area contributed by atoms with Crippen molar-refractivity contribution in [3.8, 4) is 0 Å². The Bertz CT molecular complexity index is 569. The van der Waals surface area contributed by atoms with Gasteiger partial charge in [-0.3, -0.25) is 15.6 Å².